The lowest BCUT2D eigenvalue weighted by Gasteiger charge is -2.41. The Balaban J connectivity index is 1.48. The van der Waals surface area contributed by atoms with Crippen molar-refractivity contribution < 1.29 is 13.2 Å². The molecule has 5 rings (SSSR count). The molecule has 4 aromatic rings. The monoisotopic (exact) mass is 542 g/mol. The fourth-order valence-corrected chi connectivity index (χ4v) is 7.26. The number of nitrogens with one attached hydrogen (secondary N) is 1. The summed E-state index contributed by atoms with van der Waals surface area (Å²) in [5, 5.41) is 0.583. The molecule has 1 aliphatic heterocycles. The predicted molar refractivity (Wildman–Crippen MR) is 145 cm³/mol. The Morgan fingerprint density at radius 1 is 1.08 bits per heavy atom. The van der Waals surface area contributed by atoms with Crippen LogP contribution in [-0.4, -0.2) is 18.6 Å². The number of thiazole rings is 1. The fourth-order valence-electron chi connectivity index (χ4n) is 4.82. The van der Waals surface area contributed by atoms with E-state index in [1.165, 1.54) is 0 Å². The Labute approximate surface area is 219 Å². The van der Waals surface area contributed by atoms with Crippen molar-refractivity contribution in [3.05, 3.63) is 92.5 Å². The molecular formula is C27H27ClN2O4S2. The lowest BCUT2D eigenvalue weighted by atomic mass is 9.84. The second-order valence-electron chi connectivity index (χ2n) is 9.08. The van der Waals surface area contributed by atoms with E-state index in [4.69, 9.17) is 16.3 Å². The highest BCUT2D eigenvalue weighted by molar-refractivity contribution is 7.89. The molecule has 0 radical (unpaired) electrons. The van der Waals surface area contributed by atoms with Gasteiger partial charge in [-0.3, -0.25) is 9.36 Å². The highest BCUT2D eigenvalue weighted by Crippen LogP contribution is 2.43. The third-order valence-electron chi connectivity index (χ3n) is 7.02. The smallest absolute Gasteiger partial charge is 0.308 e. The van der Waals surface area contributed by atoms with Gasteiger partial charge in [0.25, 0.3) is 0 Å². The molecule has 2 heterocycles. The van der Waals surface area contributed by atoms with Crippen LogP contribution in [0.4, 0.5) is 0 Å². The van der Waals surface area contributed by atoms with Crippen LogP contribution in [0.1, 0.15) is 50.3 Å². The first kappa shape index (κ1) is 25.0. The van der Waals surface area contributed by atoms with Gasteiger partial charge in [-0.1, -0.05) is 73.2 Å². The van der Waals surface area contributed by atoms with Gasteiger partial charge in [0.1, 0.15) is 11.4 Å². The number of ether oxygens (including phenoxy) is 1. The molecule has 0 unspecified atom stereocenters. The van der Waals surface area contributed by atoms with Crippen LogP contribution in [-0.2, 0) is 16.6 Å². The number of hydrogen-bond acceptors (Lipinski definition) is 5. The zero-order chi connectivity index (χ0) is 25.5. The molecule has 1 aromatic heterocycles. The molecule has 1 aliphatic rings. The topological polar surface area (TPSA) is 77.4 Å². The Morgan fingerprint density at radius 2 is 1.81 bits per heavy atom. The summed E-state index contributed by atoms with van der Waals surface area (Å²) in [6.45, 7) is 4.44. The molecule has 0 saturated carbocycles. The van der Waals surface area contributed by atoms with E-state index in [1.54, 1.807) is 28.8 Å². The minimum atomic E-state index is -3.86. The third-order valence-corrected chi connectivity index (χ3v) is 9.80. The SMILES string of the molecule is CCC1(CC)C[C@@H](NS(=O)(=O)c2ccc3c(c2)sc(=O)n3Cc2ccccc2Cl)c2ccccc2O1. The molecule has 3 aromatic carbocycles. The van der Waals surface area contributed by atoms with Crippen molar-refractivity contribution in [2.24, 2.45) is 0 Å². The lowest BCUT2D eigenvalue weighted by Crippen LogP contribution is -2.44. The summed E-state index contributed by atoms with van der Waals surface area (Å²) in [6.07, 6.45) is 2.09. The molecule has 0 spiro atoms. The number of sulfonamides is 1. The van der Waals surface area contributed by atoms with E-state index in [9.17, 15) is 13.2 Å². The van der Waals surface area contributed by atoms with Gasteiger partial charge >= 0.3 is 4.87 Å². The molecule has 6 nitrogen and oxygen atoms in total. The molecule has 9 heteroatoms. The van der Waals surface area contributed by atoms with Crippen molar-refractivity contribution in [3.63, 3.8) is 0 Å². The highest BCUT2D eigenvalue weighted by atomic mass is 35.5. The van der Waals surface area contributed by atoms with Crippen LogP contribution < -0.4 is 14.3 Å². The quantitative estimate of drug-likeness (QED) is 0.305. The first-order valence-corrected chi connectivity index (χ1v) is 14.6. The summed E-state index contributed by atoms with van der Waals surface area (Å²) >= 11 is 7.32. The summed E-state index contributed by atoms with van der Waals surface area (Å²) in [5.41, 5.74) is 1.90. The maximum absolute atomic E-state index is 13.5. The summed E-state index contributed by atoms with van der Waals surface area (Å²) in [7, 11) is -3.86. The van der Waals surface area contributed by atoms with Gasteiger partial charge in [0.2, 0.25) is 10.0 Å². The van der Waals surface area contributed by atoms with Gasteiger partial charge in [0.05, 0.1) is 27.7 Å². The lowest BCUT2D eigenvalue weighted by molar-refractivity contribution is 0.0260. The van der Waals surface area contributed by atoms with E-state index in [1.807, 2.05) is 42.5 Å². The van der Waals surface area contributed by atoms with Gasteiger partial charge in [-0.2, -0.15) is 0 Å². The zero-order valence-corrected chi connectivity index (χ0v) is 22.4. The average Bonchev–Trinajstić information content (AvgIpc) is 3.19. The Morgan fingerprint density at radius 3 is 2.56 bits per heavy atom. The predicted octanol–water partition coefficient (Wildman–Crippen LogP) is 6.13. The van der Waals surface area contributed by atoms with E-state index < -0.39 is 21.7 Å². The third kappa shape index (κ3) is 4.59. The van der Waals surface area contributed by atoms with E-state index in [-0.39, 0.29) is 9.77 Å². The van der Waals surface area contributed by atoms with Crippen molar-refractivity contribution >= 4 is 43.2 Å². The minimum absolute atomic E-state index is 0.128. The van der Waals surface area contributed by atoms with Crippen molar-refractivity contribution in [2.75, 3.05) is 0 Å². The molecular weight excluding hydrogens is 516 g/mol. The van der Waals surface area contributed by atoms with Crippen LogP contribution in [0, 0.1) is 0 Å². The summed E-state index contributed by atoms with van der Waals surface area (Å²) < 4.78 is 38.5. The highest BCUT2D eigenvalue weighted by Gasteiger charge is 2.40. The molecule has 0 aliphatic carbocycles. The summed E-state index contributed by atoms with van der Waals surface area (Å²) in [5.74, 6) is 0.713. The molecule has 0 bridgehead atoms. The van der Waals surface area contributed by atoms with Gasteiger partial charge in [0, 0.05) is 17.0 Å². The number of fused-ring (bicyclic) bond motifs is 2. The van der Waals surface area contributed by atoms with Crippen LogP contribution in [0.3, 0.4) is 0 Å². The molecule has 0 saturated heterocycles. The van der Waals surface area contributed by atoms with Crippen LogP contribution in [0.5, 0.6) is 5.75 Å². The van der Waals surface area contributed by atoms with Gasteiger partial charge in [-0.25, -0.2) is 13.1 Å². The Bertz CT molecular complexity index is 1590. The molecule has 188 valence electrons. The number of benzene rings is 3. The molecule has 0 amide bonds. The average molecular weight is 543 g/mol. The van der Waals surface area contributed by atoms with Crippen LogP contribution in [0.25, 0.3) is 10.2 Å². The van der Waals surface area contributed by atoms with E-state index >= 15 is 0 Å². The van der Waals surface area contributed by atoms with Gasteiger partial charge in [-0.15, -0.1) is 0 Å². The van der Waals surface area contributed by atoms with Crippen molar-refractivity contribution in [2.45, 2.75) is 56.2 Å². The second-order valence-corrected chi connectivity index (χ2v) is 12.2. The van der Waals surface area contributed by atoms with Crippen molar-refractivity contribution in [1.29, 1.82) is 0 Å². The largest absolute Gasteiger partial charge is 0.487 e. The second kappa shape index (κ2) is 9.67. The molecule has 0 fully saturated rings. The van der Waals surface area contributed by atoms with Crippen molar-refractivity contribution in [3.8, 4) is 5.75 Å². The Hall–Kier alpha value is -2.65. The van der Waals surface area contributed by atoms with E-state index in [0.717, 1.165) is 35.3 Å². The number of hydrogen-bond donors (Lipinski definition) is 1. The fraction of sp³-hybridized carbons (Fsp3) is 0.296. The zero-order valence-electron chi connectivity index (χ0n) is 20.0. The van der Waals surface area contributed by atoms with Crippen LogP contribution >= 0.6 is 22.9 Å². The van der Waals surface area contributed by atoms with Crippen LogP contribution in [0.2, 0.25) is 5.02 Å². The first-order valence-electron chi connectivity index (χ1n) is 11.9. The molecule has 1 atom stereocenters. The van der Waals surface area contributed by atoms with E-state index in [0.29, 0.717) is 34.0 Å². The Kier molecular flexibility index (Phi) is 6.72. The maximum Gasteiger partial charge on any atom is 0.308 e. The van der Waals surface area contributed by atoms with Crippen LogP contribution in [0.15, 0.2) is 76.4 Å². The number of nitrogens with zero attached hydrogens (tertiary/aromatic N) is 1. The van der Waals surface area contributed by atoms with E-state index in [2.05, 4.69) is 18.6 Å². The normalized spacial score (nSPS) is 17.0. The number of rotatable bonds is 7. The molecule has 36 heavy (non-hydrogen) atoms. The molecule has 1 N–H and O–H groups in total. The summed E-state index contributed by atoms with van der Waals surface area (Å²) in [4.78, 5) is 12.7. The number of halogens is 1. The minimum Gasteiger partial charge on any atom is -0.487 e. The number of para-hydroxylation sites is 1. The van der Waals surface area contributed by atoms with Gasteiger partial charge in [-0.05, 0) is 48.7 Å². The maximum atomic E-state index is 13.5. The number of aromatic nitrogens is 1. The summed E-state index contributed by atoms with van der Waals surface area (Å²) in [6, 6.07) is 19.4. The van der Waals surface area contributed by atoms with Gasteiger partial charge in [0.15, 0.2) is 0 Å². The first-order chi connectivity index (χ1) is 17.2. The van der Waals surface area contributed by atoms with Gasteiger partial charge < -0.3 is 4.74 Å². The van der Waals surface area contributed by atoms with Crippen molar-refractivity contribution in [1.82, 2.24) is 9.29 Å². The standard InChI is InChI=1S/C27H27ClN2O4S2/c1-3-27(4-2)16-22(20-10-6-8-12-24(20)34-27)29-36(32,33)19-13-14-23-25(15-19)35-26(31)30(23)17-18-9-5-7-11-21(18)28/h5-15,22,29H,3-4,16-17H2,1-2H3/t22-/m1/s1.